The molecule has 1 aromatic rings. The van der Waals surface area contributed by atoms with Crippen LogP contribution in [-0.2, 0) is 4.79 Å². The molecule has 0 fully saturated rings. The van der Waals surface area contributed by atoms with Gasteiger partial charge in [0.25, 0.3) is 0 Å². The molecule has 0 radical (unpaired) electrons. The van der Waals surface area contributed by atoms with Gasteiger partial charge in [-0.2, -0.15) is 0 Å². The maximum Gasteiger partial charge on any atom is 0.305 e. The number of pyridine rings is 1. The van der Waals surface area contributed by atoms with E-state index in [2.05, 4.69) is 18.8 Å². The van der Waals surface area contributed by atoms with Crippen LogP contribution in [0.5, 0.6) is 0 Å². The second-order valence-corrected chi connectivity index (χ2v) is 4.63. The zero-order valence-corrected chi connectivity index (χ0v) is 10.7. The molecule has 0 spiro atoms. The minimum Gasteiger partial charge on any atom is -0.481 e. The highest BCUT2D eigenvalue weighted by Gasteiger charge is 2.13. The molecule has 1 aromatic heterocycles. The summed E-state index contributed by atoms with van der Waals surface area (Å²) in [5.74, 6) is 0.597. The summed E-state index contributed by atoms with van der Waals surface area (Å²) >= 11 is 0. The number of aryl methyl sites for hydroxylation is 1. The van der Waals surface area contributed by atoms with Crippen LogP contribution in [0.15, 0.2) is 18.3 Å². The van der Waals surface area contributed by atoms with E-state index in [1.807, 2.05) is 24.0 Å². The first-order valence-corrected chi connectivity index (χ1v) is 5.89. The molecule has 0 saturated heterocycles. The van der Waals surface area contributed by atoms with Gasteiger partial charge in [0.15, 0.2) is 0 Å². The molecule has 1 heterocycles. The van der Waals surface area contributed by atoms with E-state index in [1.165, 1.54) is 0 Å². The Morgan fingerprint density at radius 2 is 2.24 bits per heavy atom. The van der Waals surface area contributed by atoms with E-state index < -0.39 is 5.97 Å². The van der Waals surface area contributed by atoms with Crippen molar-refractivity contribution in [2.75, 3.05) is 18.0 Å². The van der Waals surface area contributed by atoms with Gasteiger partial charge in [-0.25, -0.2) is 4.98 Å². The van der Waals surface area contributed by atoms with Gasteiger partial charge < -0.3 is 10.0 Å². The molecule has 0 aliphatic heterocycles. The molecule has 0 bridgehead atoms. The predicted octanol–water partition coefficient (Wildman–Crippen LogP) is 2.33. The zero-order valence-electron chi connectivity index (χ0n) is 10.7. The van der Waals surface area contributed by atoms with Crippen molar-refractivity contribution in [2.24, 2.45) is 5.92 Å². The standard InChI is InChI=1S/C13H20N2O2/c1-10(2)9-15(8-6-12(16)17)13-11(3)5-4-7-14-13/h4-5,7,10H,6,8-9H2,1-3H3,(H,16,17). The molecule has 0 aliphatic rings. The van der Waals surface area contributed by atoms with Crippen molar-refractivity contribution in [1.29, 1.82) is 0 Å². The summed E-state index contributed by atoms with van der Waals surface area (Å²) in [5.41, 5.74) is 1.08. The van der Waals surface area contributed by atoms with Gasteiger partial charge in [-0.15, -0.1) is 0 Å². The Balaban J connectivity index is 2.82. The summed E-state index contributed by atoms with van der Waals surface area (Å²) in [7, 11) is 0. The van der Waals surface area contributed by atoms with Crippen LogP contribution in [0.4, 0.5) is 5.82 Å². The molecule has 17 heavy (non-hydrogen) atoms. The topological polar surface area (TPSA) is 53.4 Å². The molecule has 0 aromatic carbocycles. The lowest BCUT2D eigenvalue weighted by Crippen LogP contribution is -2.31. The number of anilines is 1. The van der Waals surface area contributed by atoms with Crippen LogP contribution in [0.1, 0.15) is 25.8 Å². The molecule has 0 aliphatic carbocycles. The first-order valence-electron chi connectivity index (χ1n) is 5.89. The van der Waals surface area contributed by atoms with E-state index in [0.717, 1.165) is 17.9 Å². The van der Waals surface area contributed by atoms with E-state index in [4.69, 9.17) is 5.11 Å². The van der Waals surface area contributed by atoms with Crippen molar-refractivity contribution in [3.05, 3.63) is 23.9 Å². The highest BCUT2D eigenvalue weighted by Crippen LogP contribution is 2.17. The fraction of sp³-hybridized carbons (Fsp3) is 0.538. The molecular weight excluding hydrogens is 216 g/mol. The number of rotatable bonds is 6. The van der Waals surface area contributed by atoms with Crippen LogP contribution in [0, 0.1) is 12.8 Å². The van der Waals surface area contributed by atoms with Crippen molar-refractivity contribution >= 4 is 11.8 Å². The Kier molecular flexibility index (Phi) is 4.94. The van der Waals surface area contributed by atoms with Gasteiger partial charge in [-0.05, 0) is 24.5 Å². The third kappa shape index (κ3) is 4.43. The summed E-state index contributed by atoms with van der Waals surface area (Å²) in [5, 5.41) is 8.77. The molecular formula is C13H20N2O2. The average Bonchev–Trinajstić information content (AvgIpc) is 2.24. The van der Waals surface area contributed by atoms with Gasteiger partial charge in [0.05, 0.1) is 6.42 Å². The van der Waals surface area contributed by atoms with Gasteiger partial charge in [-0.3, -0.25) is 4.79 Å². The van der Waals surface area contributed by atoms with Crippen molar-refractivity contribution in [2.45, 2.75) is 27.2 Å². The highest BCUT2D eigenvalue weighted by atomic mass is 16.4. The van der Waals surface area contributed by atoms with E-state index >= 15 is 0 Å². The fourth-order valence-electron chi connectivity index (χ4n) is 1.76. The summed E-state index contributed by atoms with van der Waals surface area (Å²) in [6.07, 6.45) is 1.89. The Hall–Kier alpha value is -1.58. The van der Waals surface area contributed by atoms with Gasteiger partial charge in [0.2, 0.25) is 0 Å². The minimum absolute atomic E-state index is 0.142. The first kappa shape index (κ1) is 13.5. The van der Waals surface area contributed by atoms with Gasteiger partial charge in [0.1, 0.15) is 5.82 Å². The van der Waals surface area contributed by atoms with Crippen LogP contribution >= 0.6 is 0 Å². The van der Waals surface area contributed by atoms with E-state index in [1.54, 1.807) is 6.20 Å². The van der Waals surface area contributed by atoms with Crippen LogP contribution in [0.2, 0.25) is 0 Å². The largest absolute Gasteiger partial charge is 0.481 e. The van der Waals surface area contributed by atoms with Crippen molar-refractivity contribution in [3.63, 3.8) is 0 Å². The number of nitrogens with zero attached hydrogens (tertiary/aromatic N) is 2. The summed E-state index contributed by atoms with van der Waals surface area (Å²) in [4.78, 5) is 17.1. The molecule has 1 N–H and O–H groups in total. The summed E-state index contributed by atoms with van der Waals surface area (Å²) in [6.45, 7) is 7.56. The Morgan fingerprint density at radius 1 is 1.53 bits per heavy atom. The maximum atomic E-state index is 10.7. The smallest absolute Gasteiger partial charge is 0.305 e. The van der Waals surface area contributed by atoms with Crippen LogP contribution in [0.25, 0.3) is 0 Å². The van der Waals surface area contributed by atoms with E-state index in [-0.39, 0.29) is 6.42 Å². The number of hydrogen-bond donors (Lipinski definition) is 1. The second kappa shape index (κ2) is 6.23. The lowest BCUT2D eigenvalue weighted by molar-refractivity contribution is -0.136. The summed E-state index contributed by atoms with van der Waals surface area (Å²) < 4.78 is 0. The van der Waals surface area contributed by atoms with Crippen molar-refractivity contribution in [1.82, 2.24) is 4.98 Å². The minimum atomic E-state index is -0.771. The molecule has 0 atom stereocenters. The normalized spacial score (nSPS) is 10.6. The number of aliphatic carboxylic acids is 1. The summed E-state index contributed by atoms with van der Waals surface area (Å²) in [6, 6.07) is 3.89. The lowest BCUT2D eigenvalue weighted by Gasteiger charge is -2.26. The maximum absolute atomic E-state index is 10.7. The second-order valence-electron chi connectivity index (χ2n) is 4.63. The molecule has 0 unspecified atom stereocenters. The van der Waals surface area contributed by atoms with Crippen molar-refractivity contribution < 1.29 is 9.90 Å². The number of hydrogen-bond acceptors (Lipinski definition) is 3. The highest BCUT2D eigenvalue weighted by molar-refractivity contribution is 5.67. The quantitative estimate of drug-likeness (QED) is 0.823. The Morgan fingerprint density at radius 3 is 2.76 bits per heavy atom. The third-order valence-corrected chi connectivity index (χ3v) is 2.46. The molecule has 4 heteroatoms. The average molecular weight is 236 g/mol. The monoisotopic (exact) mass is 236 g/mol. The van der Waals surface area contributed by atoms with Crippen LogP contribution in [-0.4, -0.2) is 29.1 Å². The first-order chi connectivity index (χ1) is 8.00. The van der Waals surface area contributed by atoms with E-state index in [9.17, 15) is 4.79 Å². The molecule has 0 saturated carbocycles. The molecule has 0 amide bonds. The van der Waals surface area contributed by atoms with Gasteiger partial charge in [0, 0.05) is 19.3 Å². The van der Waals surface area contributed by atoms with E-state index in [0.29, 0.717) is 12.5 Å². The number of carboxylic acids is 1. The molecule has 1 rings (SSSR count). The Labute approximate surface area is 102 Å². The van der Waals surface area contributed by atoms with Gasteiger partial charge >= 0.3 is 5.97 Å². The number of carboxylic acid groups (broad SMARTS) is 1. The van der Waals surface area contributed by atoms with Crippen LogP contribution < -0.4 is 4.90 Å². The number of aromatic nitrogens is 1. The van der Waals surface area contributed by atoms with Crippen LogP contribution in [0.3, 0.4) is 0 Å². The number of carbonyl (C=O) groups is 1. The predicted molar refractivity (Wildman–Crippen MR) is 68.3 cm³/mol. The van der Waals surface area contributed by atoms with Crippen molar-refractivity contribution in [3.8, 4) is 0 Å². The molecule has 4 nitrogen and oxygen atoms in total. The SMILES string of the molecule is Cc1cccnc1N(CCC(=O)O)CC(C)C. The lowest BCUT2D eigenvalue weighted by atomic mass is 10.2. The fourth-order valence-corrected chi connectivity index (χ4v) is 1.76. The molecule has 94 valence electrons. The Bertz CT molecular complexity index is 377. The third-order valence-electron chi connectivity index (χ3n) is 2.46. The van der Waals surface area contributed by atoms with Gasteiger partial charge in [-0.1, -0.05) is 19.9 Å². The zero-order chi connectivity index (χ0) is 12.8.